The van der Waals surface area contributed by atoms with Gasteiger partial charge in [-0.15, -0.1) is 0 Å². The van der Waals surface area contributed by atoms with Gasteiger partial charge >= 0.3 is 5.97 Å². The van der Waals surface area contributed by atoms with E-state index in [2.05, 4.69) is 10.2 Å². The Morgan fingerprint density at radius 3 is 2.56 bits per heavy atom. The minimum absolute atomic E-state index is 0.0151. The molecule has 4 N–H and O–H groups in total. The Morgan fingerprint density at radius 2 is 2.00 bits per heavy atom. The van der Waals surface area contributed by atoms with E-state index in [1.54, 1.807) is 0 Å². The number of aromatic carboxylic acids is 1. The molecule has 0 aliphatic rings. The SMILES string of the molecule is Cc1ccc(-c2c(N)n[nH]c2C(=O)O)cc1. The normalized spacial score (nSPS) is 10.3. The number of anilines is 1. The molecule has 1 aromatic heterocycles. The van der Waals surface area contributed by atoms with E-state index in [4.69, 9.17) is 10.8 Å². The molecule has 5 heteroatoms. The quantitative estimate of drug-likeness (QED) is 0.713. The topological polar surface area (TPSA) is 92.0 Å². The molecule has 0 amide bonds. The van der Waals surface area contributed by atoms with E-state index in [0.29, 0.717) is 5.56 Å². The van der Waals surface area contributed by atoms with Gasteiger partial charge in [0.25, 0.3) is 0 Å². The maximum Gasteiger partial charge on any atom is 0.354 e. The van der Waals surface area contributed by atoms with Crippen molar-refractivity contribution in [1.82, 2.24) is 10.2 Å². The highest BCUT2D eigenvalue weighted by Gasteiger charge is 2.17. The van der Waals surface area contributed by atoms with Gasteiger partial charge in [0.2, 0.25) is 0 Å². The van der Waals surface area contributed by atoms with Gasteiger partial charge in [-0.3, -0.25) is 5.10 Å². The summed E-state index contributed by atoms with van der Waals surface area (Å²) in [6.45, 7) is 1.96. The van der Waals surface area contributed by atoms with Gasteiger partial charge in [0, 0.05) is 0 Å². The summed E-state index contributed by atoms with van der Waals surface area (Å²) in [7, 11) is 0. The fourth-order valence-corrected chi connectivity index (χ4v) is 1.52. The highest BCUT2D eigenvalue weighted by molar-refractivity contribution is 5.97. The van der Waals surface area contributed by atoms with Crippen molar-refractivity contribution in [2.24, 2.45) is 0 Å². The summed E-state index contributed by atoms with van der Waals surface area (Å²) < 4.78 is 0. The zero-order valence-electron chi connectivity index (χ0n) is 8.69. The molecule has 0 fully saturated rings. The minimum atomic E-state index is -1.07. The summed E-state index contributed by atoms with van der Waals surface area (Å²) in [5, 5.41) is 15.1. The van der Waals surface area contributed by atoms with Crippen LogP contribution in [0.15, 0.2) is 24.3 Å². The number of benzene rings is 1. The molecule has 5 nitrogen and oxygen atoms in total. The van der Waals surface area contributed by atoms with Crippen molar-refractivity contribution in [3.05, 3.63) is 35.5 Å². The van der Waals surface area contributed by atoms with Gasteiger partial charge in [-0.25, -0.2) is 4.79 Å². The van der Waals surface area contributed by atoms with Crippen LogP contribution in [0.2, 0.25) is 0 Å². The lowest BCUT2D eigenvalue weighted by atomic mass is 10.0. The van der Waals surface area contributed by atoms with Crippen LogP contribution in [0.4, 0.5) is 5.82 Å². The molecule has 0 spiro atoms. The number of aromatic nitrogens is 2. The van der Waals surface area contributed by atoms with Gasteiger partial charge < -0.3 is 10.8 Å². The zero-order valence-corrected chi connectivity index (χ0v) is 8.69. The highest BCUT2D eigenvalue weighted by Crippen LogP contribution is 2.27. The molecule has 0 saturated heterocycles. The van der Waals surface area contributed by atoms with Crippen molar-refractivity contribution in [3.63, 3.8) is 0 Å². The molecule has 82 valence electrons. The second-order valence-corrected chi connectivity index (χ2v) is 3.53. The largest absolute Gasteiger partial charge is 0.477 e. The number of carbonyl (C=O) groups is 1. The summed E-state index contributed by atoms with van der Waals surface area (Å²) in [5.41, 5.74) is 7.94. The summed E-state index contributed by atoms with van der Waals surface area (Å²) in [6.07, 6.45) is 0. The van der Waals surface area contributed by atoms with Gasteiger partial charge in [-0.05, 0) is 12.5 Å². The number of carboxylic acids is 1. The highest BCUT2D eigenvalue weighted by atomic mass is 16.4. The van der Waals surface area contributed by atoms with Crippen LogP contribution in [0, 0.1) is 6.92 Å². The van der Waals surface area contributed by atoms with E-state index in [-0.39, 0.29) is 11.5 Å². The van der Waals surface area contributed by atoms with E-state index in [1.807, 2.05) is 31.2 Å². The number of nitrogens with one attached hydrogen (secondary N) is 1. The van der Waals surface area contributed by atoms with Crippen LogP contribution in [-0.2, 0) is 0 Å². The van der Waals surface area contributed by atoms with Crippen molar-refractivity contribution in [1.29, 1.82) is 0 Å². The van der Waals surface area contributed by atoms with Crippen molar-refractivity contribution in [3.8, 4) is 11.1 Å². The number of hydrogen-bond donors (Lipinski definition) is 3. The summed E-state index contributed by atoms with van der Waals surface area (Å²) in [4.78, 5) is 10.9. The van der Waals surface area contributed by atoms with Crippen LogP contribution < -0.4 is 5.73 Å². The standard InChI is InChI=1S/C11H11N3O2/c1-6-2-4-7(5-3-6)8-9(11(15)16)13-14-10(8)12/h2-5H,1H3,(H,15,16)(H3,12,13,14). The monoisotopic (exact) mass is 217 g/mol. The van der Waals surface area contributed by atoms with Crippen LogP contribution in [-0.4, -0.2) is 21.3 Å². The Morgan fingerprint density at radius 1 is 1.38 bits per heavy atom. The lowest BCUT2D eigenvalue weighted by Crippen LogP contribution is -1.99. The number of nitrogens with zero attached hydrogens (tertiary/aromatic N) is 1. The Bertz CT molecular complexity index is 529. The molecule has 0 aliphatic carbocycles. The van der Waals surface area contributed by atoms with Crippen LogP contribution in [0.25, 0.3) is 11.1 Å². The van der Waals surface area contributed by atoms with Crippen molar-refractivity contribution in [2.75, 3.05) is 5.73 Å². The van der Waals surface area contributed by atoms with Gasteiger partial charge in [-0.2, -0.15) is 5.10 Å². The maximum atomic E-state index is 10.9. The first-order chi connectivity index (χ1) is 7.59. The second kappa shape index (κ2) is 3.69. The zero-order chi connectivity index (χ0) is 11.7. The number of nitrogens with two attached hydrogens (primary N) is 1. The third kappa shape index (κ3) is 1.63. The number of H-pyrrole nitrogens is 1. The lowest BCUT2D eigenvalue weighted by Gasteiger charge is -2.01. The van der Waals surface area contributed by atoms with Gasteiger partial charge in [-0.1, -0.05) is 29.8 Å². The molecule has 0 unspecified atom stereocenters. The van der Waals surface area contributed by atoms with Crippen LogP contribution in [0.3, 0.4) is 0 Å². The lowest BCUT2D eigenvalue weighted by molar-refractivity contribution is 0.0691. The fraction of sp³-hybridized carbons (Fsp3) is 0.0909. The number of aromatic amines is 1. The average Bonchev–Trinajstić information content (AvgIpc) is 2.62. The van der Waals surface area contributed by atoms with Gasteiger partial charge in [0.15, 0.2) is 11.5 Å². The molecule has 0 radical (unpaired) electrons. The average molecular weight is 217 g/mol. The molecule has 1 heterocycles. The first-order valence-corrected chi connectivity index (χ1v) is 4.73. The molecular weight excluding hydrogens is 206 g/mol. The third-order valence-corrected chi connectivity index (χ3v) is 2.35. The van der Waals surface area contributed by atoms with E-state index in [0.717, 1.165) is 11.1 Å². The predicted molar refractivity (Wildman–Crippen MR) is 60.1 cm³/mol. The Balaban J connectivity index is 2.58. The first-order valence-electron chi connectivity index (χ1n) is 4.73. The first kappa shape index (κ1) is 10.2. The number of rotatable bonds is 2. The summed E-state index contributed by atoms with van der Waals surface area (Å²) in [5.74, 6) is -0.874. The third-order valence-electron chi connectivity index (χ3n) is 2.35. The van der Waals surface area contributed by atoms with Crippen LogP contribution >= 0.6 is 0 Å². The Kier molecular flexibility index (Phi) is 2.36. The molecule has 1 aromatic carbocycles. The molecule has 16 heavy (non-hydrogen) atoms. The van der Waals surface area contributed by atoms with E-state index >= 15 is 0 Å². The second-order valence-electron chi connectivity index (χ2n) is 3.53. The molecule has 0 saturated carbocycles. The van der Waals surface area contributed by atoms with Crippen molar-refractivity contribution >= 4 is 11.8 Å². The van der Waals surface area contributed by atoms with Crippen LogP contribution in [0.5, 0.6) is 0 Å². The molecule has 0 atom stereocenters. The predicted octanol–water partition coefficient (Wildman–Crippen LogP) is 1.67. The van der Waals surface area contributed by atoms with Crippen molar-refractivity contribution < 1.29 is 9.90 Å². The maximum absolute atomic E-state index is 10.9. The number of aryl methyl sites for hydroxylation is 1. The minimum Gasteiger partial charge on any atom is -0.477 e. The van der Waals surface area contributed by atoms with Gasteiger partial charge in [0.05, 0.1) is 5.56 Å². The number of hydrogen-bond acceptors (Lipinski definition) is 3. The summed E-state index contributed by atoms with van der Waals surface area (Å²) >= 11 is 0. The van der Waals surface area contributed by atoms with Gasteiger partial charge in [0.1, 0.15) is 0 Å². The van der Waals surface area contributed by atoms with Crippen LogP contribution in [0.1, 0.15) is 16.1 Å². The number of carboxylic acid groups (broad SMARTS) is 1. The molecule has 2 rings (SSSR count). The Hall–Kier alpha value is -2.30. The molecular formula is C11H11N3O2. The van der Waals surface area contributed by atoms with Crippen molar-refractivity contribution in [2.45, 2.75) is 6.92 Å². The molecule has 0 aliphatic heterocycles. The van der Waals surface area contributed by atoms with E-state index in [9.17, 15) is 4.79 Å². The molecule has 0 bridgehead atoms. The Labute approximate surface area is 91.9 Å². The smallest absolute Gasteiger partial charge is 0.354 e. The summed E-state index contributed by atoms with van der Waals surface area (Å²) in [6, 6.07) is 7.44. The fourth-order valence-electron chi connectivity index (χ4n) is 1.52. The van der Waals surface area contributed by atoms with E-state index < -0.39 is 5.97 Å². The number of nitrogen functional groups attached to an aromatic ring is 1. The van der Waals surface area contributed by atoms with E-state index in [1.165, 1.54) is 0 Å². The molecule has 2 aromatic rings.